The maximum atomic E-state index is 12.8. The van der Waals surface area contributed by atoms with Crippen LogP contribution in [-0.2, 0) is 7.05 Å². The van der Waals surface area contributed by atoms with Gasteiger partial charge in [0.25, 0.3) is 5.56 Å². The summed E-state index contributed by atoms with van der Waals surface area (Å²) >= 11 is 0. The van der Waals surface area contributed by atoms with Crippen molar-refractivity contribution in [3.8, 4) is 5.82 Å². The van der Waals surface area contributed by atoms with Crippen molar-refractivity contribution in [2.75, 3.05) is 17.7 Å². The smallest absolute Gasteiger partial charge is 0.356 e. The van der Waals surface area contributed by atoms with Crippen LogP contribution in [0.1, 0.15) is 10.5 Å². The van der Waals surface area contributed by atoms with E-state index in [2.05, 4.69) is 25.8 Å². The van der Waals surface area contributed by atoms with Crippen LogP contribution in [0.2, 0.25) is 0 Å². The van der Waals surface area contributed by atoms with Crippen LogP contribution in [0.25, 0.3) is 11.5 Å². The van der Waals surface area contributed by atoms with Gasteiger partial charge >= 0.3 is 5.97 Å². The van der Waals surface area contributed by atoms with Gasteiger partial charge in [-0.3, -0.25) is 14.0 Å². The largest absolute Gasteiger partial charge is 0.476 e. The lowest BCUT2D eigenvalue weighted by Gasteiger charge is -2.10. The Labute approximate surface area is 157 Å². The number of aromatic carboxylic acids is 1. The fourth-order valence-corrected chi connectivity index (χ4v) is 2.80. The number of hydrogen-bond acceptors (Lipinski definition) is 7. The minimum Gasteiger partial charge on any atom is -0.476 e. The van der Waals surface area contributed by atoms with Gasteiger partial charge in [0.1, 0.15) is 5.69 Å². The summed E-state index contributed by atoms with van der Waals surface area (Å²) < 4.78 is 4.21. The Kier molecular flexibility index (Phi) is 4.03. The van der Waals surface area contributed by atoms with Crippen LogP contribution in [-0.4, -0.2) is 47.1 Å². The van der Waals surface area contributed by atoms with E-state index in [1.54, 1.807) is 55.4 Å². The van der Waals surface area contributed by atoms with E-state index in [0.717, 1.165) is 0 Å². The molecule has 0 radical (unpaired) electrons. The molecule has 4 rings (SSSR count). The maximum Gasteiger partial charge on any atom is 0.356 e. The molecule has 0 saturated carbocycles. The summed E-state index contributed by atoms with van der Waals surface area (Å²) in [7, 11) is 3.45. The number of imidazole rings is 1. The summed E-state index contributed by atoms with van der Waals surface area (Å²) in [5, 5.41) is 23.7. The Bertz CT molecular complexity index is 1250. The molecule has 0 aromatic carbocycles. The lowest BCUT2D eigenvalue weighted by atomic mass is 10.3. The number of carbonyl (C=O) groups is 1. The molecule has 0 unspecified atom stereocenters. The molecule has 0 spiro atoms. The van der Waals surface area contributed by atoms with E-state index >= 15 is 0 Å². The number of rotatable bonds is 5. The fraction of sp³-hybridized carbons (Fsp3) is 0.118. The number of carboxylic acids is 1. The average molecular weight is 380 g/mol. The van der Waals surface area contributed by atoms with Crippen molar-refractivity contribution >= 4 is 28.8 Å². The predicted octanol–water partition coefficient (Wildman–Crippen LogP) is 1.10. The van der Waals surface area contributed by atoms with Crippen LogP contribution in [0.4, 0.5) is 17.2 Å². The Hall–Kier alpha value is -4.15. The molecular formula is C17H16N8O3. The lowest BCUT2D eigenvalue weighted by Crippen LogP contribution is -2.21. The van der Waals surface area contributed by atoms with Crippen molar-refractivity contribution in [2.24, 2.45) is 7.05 Å². The van der Waals surface area contributed by atoms with Crippen LogP contribution < -0.4 is 16.2 Å². The van der Waals surface area contributed by atoms with Gasteiger partial charge in [0.15, 0.2) is 23.0 Å². The summed E-state index contributed by atoms with van der Waals surface area (Å²) in [6.07, 6.45) is 4.58. The number of aromatic nitrogens is 6. The van der Waals surface area contributed by atoms with Gasteiger partial charge in [-0.05, 0) is 12.1 Å². The minimum atomic E-state index is -1.16. The topological polar surface area (TPSA) is 131 Å². The summed E-state index contributed by atoms with van der Waals surface area (Å²) in [6, 6.07) is 6.68. The standard InChI is InChI=1S/C17H16N8O3/c1-18-11-8-13(21-25-12(17(27)28)9-19-15(11)25)20-10-4-3-6-24(16(10)26)14-5-7-23(2)22-14/h3-9,18H,1-2H3,(H,20,21)(H,27,28). The molecular weight excluding hydrogens is 364 g/mol. The summed E-state index contributed by atoms with van der Waals surface area (Å²) in [4.78, 5) is 28.3. The van der Waals surface area contributed by atoms with E-state index in [9.17, 15) is 14.7 Å². The third-order valence-electron chi connectivity index (χ3n) is 4.11. The van der Waals surface area contributed by atoms with Crippen molar-refractivity contribution in [1.29, 1.82) is 0 Å². The molecule has 0 aliphatic rings. The molecule has 0 amide bonds. The molecule has 0 atom stereocenters. The monoisotopic (exact) mass is 380 g/mol. The first-order valence-corrected chi connectivity index (χ1v) is 8.26. The second kappa shape index (κ2) is 6.54. The Balaban J connectivity index is 1.79. The van der Waals surface area contributed by atoms with Crippen molar-refractivity contribution in [1.82, 2.24) is 28.9 Å². The number of fused-ring (bicyclic) bond motifs is 1. The second-order valence-electron chi connectivity index (χ2n) is 5.95. The molecule has 11 heteroatoms. The number of anilines is 3. The number of pyridine rings is 1. The highest BCUT2D eigenvalue weighted by atomic mass is 16.4. The highest BCUT2D eigenvalue weighted by Crippen LogP contribution is 2.21. The van der Waals surface area contributed by atoms with E-state index in [0.29, 0.717) is 17.2 Å². The molecule has 28 heavy (non-hydrogen) atoms. The van der Waals surface area contributed by atoms with Gasteiger partial charge in [-0.2, -0.15) is 5.10 Å². The first kappa shape index (κ1) is 17.3. The van der Waals surface area contributed by atoms with Gasteiger partial charge in [0.2, 0.25) is 0 Å². The van der Waals surface area contributed by atoms with Crippen LogP contribution in [0.15, 0.2) is 47.7 Å². The Morgan fingerprint density at radius 1 is 1.18 bits per heavy atom. The molecule has 0 aliphatic carbocycles. The molecule has 0 aliphatic heterocycles. The molecule has 4 heterocycles. The lowest BCUT2D eigenvalue weighted by molar-refractivity contribution is 0.0688. The van der Waals surface area contributed by atoms with E-state index in [1.807, 2.05) is 0 Å². The van der Waals surface area contributed by atoms with Crippen molar-refractivity contribution in [3.63, 3.8) is 0 Å². The first-order chi connectivity index (χ1) is 13.5. The van der Waals surface area contributed by atoms with Crippen LogP contribution in [0.5, 0.6) is 0 Å². The van der Waals surface area contributed by atoms with Gasteiger partial charge in [0, 0.05) is 38.6 Å². The number of hydrogen-bond donors (Lipinski definition) is 3. The quantitative estimate of drug-likeness (QED) is 0.469. The molecule has 4 aromatic heterocycles. The van der Waals surface area contributed by atoms with Gasteiger partial charge < -0.3 is 15.7 Å². The van der Waals surface area contributed by atoms with Crippen LogP contribution in [0.3, 0.4) is 0 Å². The van der Waals surface area contributed by atoms with Crippen LogP contribution >= 0.6 is 0 Å². The SMILES string of the molecule is CNc1cc(Nc2cccn(-c3ccn(C)n3)c2=O)nn2c(C(=O)O)cnc12. The van der Waals surface area contributed by atoms with Crippen molar-refractivity contribution in [2.45, 2.75) is 0 Å². The van der Waals surface area contributed by atoms with Crippen molar-refractivity contribution in [3.05, 3.63) is 58.9 Å². The number of nitrogens with zero attached hydrogens (tertiary/aromatic N) is 6. The normalized spacial score (nSPS) is 10.9. The summed E-state index contributed by atoms with van der Waals surface area (Å²) in [5.74, 6) is -0.386. The zero-order chi connectivity index (χ0) is 19.8. The van der Waals surface area contributed by atoms with Gasteiger partial charge in [-0.15, -0.1) is 5.10 Å². The Morgan fingerprint density at radius 3 is 2.68 bits per heavy atom. The maximum absolute atomic E-state index is 12.8. The zero-order valence-corrected chi connectivity index (χ0v) is 15.0. The minimum absolute atomic E-state index is 0.0888. The van der Waals surface area contributed by atoms with Gasteiger partial charge in [0.05, 0.1) is 11.9 Å². The first-order valence-electron chi connectivity index (χ1n) is 8.26. The van der Waals surface area contributed by atoms with E-state index < -0.39 is 5.97 Å². The third-order valence-corrected chi connectivity index (χ3v) is 4.11. The molecule has 3 N–H and O–H groups in total. The van der Waals surface area contributed by atoms with E-state index in [-0.39, 0.29) is 22.8 Å². The predicted molar refractivity (Wildman–Crippen MR) is 102 cm³/mol. The van der Waals surface area contributed by atoms with Crippen molar-refractivity contribution < 1.29 is 9.90 Å². The molecule has 11 nitrogen and oxygen atoms in total. The molecule has 0 bridgehead atoms. The third kappa shape index (κ3) is 2.84. The highest BCUT2D eigenvalue weighted by Gasteiger charge is 2.16. The zero-order valence-electron chi connectivity index (χ0n) is 15.0. The van der Waals surface area contributed by atoms with Gasteiger partial charge in [-0.25, -0.2) is 14.3 Å². The fourth-order valence-electron chi connectivity index (χ4n) is 2.80. The molecule has 0 fully saturated rings. The van der Waals surface area contributed by atoms with Crippen LogP contribution in [0, 0.1) is 0 Å². The number of nitrogens with one attached hydrogen (secondary N) is 2. The molecule has 0 saturated heterocycles. The van der Waals surface area contributed by atoms with E-state index in [1.165, 1.54) is 15.3 Å². The highest BCUT2D eigenvalue weighted by molar-refractivity contribution is 5.88. The Morgan fingerprint density at radius 2 is 2.00 bits per heavy atom. The average Bonchev–Trinajstić information content (AvgIpc) is 3.29. The summed E-state index contributed by atoms with van der Waals surface area (Å²) in [5.41, 5.74) is 0.779. The molecule has 142 valence electrons. The second-order valence-corrected chi connectivity index (χ2v) is 5.95. The summed E-state index contributed by atoms with van der Waals surface area (Å²) in [6.45, 7) is 0. The number of aryl methyl sites for hydroxylation is 1. The molecule has 4 aromatic rings. The van der Waals surface area contributed by atoms with Gasteiger partial charge in [-0.1, -0.05) is 0 Å². The number of carboxylic acid groups (broad SMARTS) is 1. The van der Waals surface area contributed by atoms with E-state index in [4.69, 9.17) is 0 Å².